The molecule has 0 aliphatic heterocycles. The van der Waals surface area contributed by atoms with Crippen LogP contribution in [0.5, 0.6) is 0 Å². The minimum Gasteiger partial charge on any atom is -0.300 e. The van der Waals surface area contributed by atoms with Gasteiger partial charge >= 0.3 is 0 Å². The van der Waals surface area contributed by atoms with E-state index >= 15 is 0 Å². The predicted octanol–water partition coefficient (Wildman–Crippen LogP) is 2.54. The highest BCUT2D eigenvalue weighted by Gasteiger charge is 2.27. The van der Waals surface area contributed by atoms with Gasteiger partial charge in [-0.25, -0.2) is 0 Å². The van der Waals surface area contributed by atoms with Crippen molar-refractivity contribution in [3.05, 3.63) is 29.5 Å². The van der Waals surface area contributed by atoms with E-state index in [1.54, 1.807) is 12.4 Å². The van der Waals surface area contributed by atoms with Crippen LogP contribution in [0.3, 0.4) is 0 Å². The molecule has 2 aromatic rings. The van der Waals surface area contributed by atoms with Crippen molar-refractivity contribution in [2.45, 2.75) is 23.7 Å². The molecule has 1 aliphatic carbocycles. The van der Waals surface area contributed by atoms with Crippen LogP contribution in [0.1, 0.15) is 23.8 Å². The third-order valence-corrected chi connectivity index (χ3v) is 4.65. The molecule has 2 heterocycles. The second-order valence-corrected chi connectivity index (χ2v) is 6.30. The van der Waals surface area contributed by atoms with Gasteiger partial charge in [-0.05, 0) is 25.0 Å². The van der Waals surface area contributed by atoms with Crippen LogP contribution in [-0.2, 0) is 4.79 Å². The molecule has 0 unspecified atom stereocenters. The smallest absolute Gasteiger partial charge is 0.236 e. The number of rotatable bonds is 5. The molecule has 3 rings (SSSR count). The molecule has 5 nitrogen and oxygen atoms in total. The lowest BCUT2D eigenvalue weighted by atomic mass is 10.5. The molecule has 0 bridgehead atoms. The summed E-state index contributed by atoms with van der Waals surface area (Å²) in [4.78, 5) is 16.7. The summed E-state index contributed by atoms with van der Waals surface area (Å²) in [5.41, 5.74) is 0. The van der Waals surface area contributed by atoms with E-state index in [0.717, 1.165) is 9.90 Å². The first-order valence-corrected chi connectivity index (χ1v) is 7.77. The maximum absolute atomic E-state index is 11.8. The highest BCUT2D eigenvalue weighted by Crippen LogP contribution is 2.42. The number of hydrogen-bond acceptors (Lipinski definition) is 6. The van der Waals surface area contributed by atoms with Crippen molar-refractivity contribution >= 4 is 34.1 Å². The minimum absolute atomic E-state index is 0.0553. The summed E-state index contributed by atoms with van der Waals surface area (Å²) < 4.78 is 0. The Bertz CT molecular complexity index is 568. The zero-order chi connectivity index (χ0) is 13.1. The quantitative estimate of drug-likeness (QED) is 0.858. The van der Waals surface area contributed by atoms with Crippen molar-refractivity contribution in [1.29, 1.82) is 0 Å². The van der Waals surface area contributed by atoms with Crippen LogP contribution in [0.15, 0.2) is 29.4 Å². The van der Waals surface area contributed by atoms with Crippen molar-refractivity contribution in [3.63, 3.8) is 0 Å². The van der Waals surface area contributed by atoms with Gasteiger partial charge in [-0.2, -0.15) is 0 Å². The molecule has 0 saturated heterocycles. The lowest BCUT2D eigenvalue weighted by molar-refractivity contribution is -0.113. The van der Waals surface area contributed by atoms with Gasteiger partial charge in [0.2, 0.25) is 11.0 Å². The molecule has 0 radical (unpaired) electrons. The first-order chi connectivity index (χ1) is 9.31. The zero-order valence-corrected chi connectivity index (χ0v) is 11.7. The van der Waals surface area contributed by atoms with Crippen LogP contribution in [0.25, 0.3) is 0 Å². The number of aromatic nitrogens is 3. The summed E-state index contributed by atoms with van der Waals surface area (Å²) >= 11 is 2.96. The van der Waals surface area contributed by atoms with E-state index in [0.29, 0.717) is 16.8 Å². The molecule has 1 amide bonds. The Labute approximate surface area is 118 Å². The summed E-state index contributed by atoms with van der Waals surface area (Å²) in [6, 6.07) is 3.77. The van der Waals surface area contributed by atoms with Crippen LogP contribution in [0.2, 0.25) is 0 Å². The summed E-state index contributed by atoms with van der Waals surface area (Å²) in [6.45, 7) is 0. The van der Waals surface area contributed by atoms with Gasteiger partial charge in [0.1, 0.15) is 5.01 Å². The van der Waals surface area contributed by atoms with Crippen molar-refractivity contribution in [2.75, 3.05) is 11.1 Å². The molecule has 2 aromatic heterocycles. The molecule has 1 fully saturated rings. The Balaban J connectivity index is 1.50. The van der Waals surface area contributed by atoms with Gasteiger partial charge in [0, 0.05) is 23.2 Å². The first-order valence-electron chi connectivity index (χ1n) is 5.97. The molecule has 1 saturated carbocycles. The van der Waals surface area contributed by atoms with E-state index in [-0.39, 0.29) is 5.91 Å². The summed E-state index contributed by atoms with van der Waals surface area (Å²) in [6.07, 6.45) is 5.82. The fraction of sp³-hybridized carbons (Fsp3) is 0.333. The van der Waals surface area contributed by atoms with Gasteiger partial charge in [-0.15, -0.1) is 22.0 Å². The predicted molar refractivity (Wildman–Crippen MR) is 75.5 cm³/mol. The lowest BCUT2D eigenvalue weighted by Crippen LogP contribution is -2.13. The summed E-state index contributed by atoms with van der Waals surface area (Å²) in [5.74, 6) is 0.886. The number of anilines is 1. The number of pyridine rings is 1. The fourth-order valence-electron chi connectivity index (χ4n) is 1.52. The average molecular weight is 292 g/mol. The third-order valence-electron chi connectivity index (χ3n) is 2.63. The van der Waals surface area contributed by atoms with Gasteiger partial charge in [0.15, 0.2) is 0 Å². The monoisotopic (exact) mass is 292 g/mol. The fourth-order valence-corrected chi connectivity index (χ4v) is 3.13. The van der Waals surface area contributed by atoms with Gasteiger partial charge in [0.25, 0.3) is 0 Å². The number of nitrogens with one attached hydrogen (secondary N) is 1. The molecule has 1 aliphatic rings. The largest absolute Gasteiger partial charge is 0.300 e. The highest BCUT2D eigenvalue weighted by atomic mass is 32.2. The maximum Gasteiger partial charge on any atom is 0.236 e. The van der Waals surface area contributed by atoms with Crippen LogP contribution in [-0.4, -0.2) is 26.8 Å². The Morgan fingerprint density at radius 1 is 1.37 bits per heavy atom. The molecule has 0 aromatic carbocycles. The first kappa shape index (κ1) is 12.6. The standard InChI is InChI=1S/C12H12N4OS2/c17-10(7-18-9-3-5-13-6-4-9)14-12-16-15-11(19-12)8-1-2-8/h3-6,8H,1-2,7H2,(H,14,16,17). The van der Waals surface area contributed by atoms with Gasteiger partial charge in [0.05, 0.1) is 5.75 Å². The van der Waals surface area contributed by atoms with E-state index in [1.165, 1.54) is 35.9 Å². The molecule has 0 spiro atoms. The van der Waals surface area contributed by atoms with Gasteiger partial charge in [-0.3, -0.25) is 15.1 Å². The maximum atomic E-state index is 11.8. The topological polar surface area (TPSA) is 67.8 Å². The van der Waals surface area contributed by atoms with E-state index in [2.05, 4.69) is 20.5 Å². The second kappa shape index (κ2) is 5.66. The molecule has 1 N–H and O–H groups in total. The van der Waals surface area contributed by atoms with Crippen molar-refractivity contribution in [3.8, 4) is 0 Å². The van der Waals surface area contributed by atoms with Gasteiger partial charge in [-0.1, -0.05) is 11.3 Å². The second-order valence-electron chi connectivity index (χ2n) is 4.24. The zero-order valence-electron chi connectivity index (χ0n) is 10.1. The summed E-state index contributed by atoms with van der Waals surface area (Å²) in [5, 5.41) is 12.5. The summed E-state index contributed by atoms with van der Waals surface area (Å²) in [7, 11) is 0. The van der Waals surface area contributed by atoms with Crippen molar-refractivity contribution < 1.29 is 4.79 Å². The third kappa shape index (κ3) is 3.51. The molecule has 7 heteroatoms. The highest BCUT2D eigenvalue weighted by molar-refractivity contribution is 8.00. The Hall–Kier alpha value is -1.47. The number of hydrogen-bond donors (Lipinski definition) is 1. The lowest BCUT2D eigenvalue weighted by Gasteiger charge is -2.00. The Kier molecular flexibility index (Phi) is 3.74. The number of carbonyl (C=O) groups is 1. The number of nitrogens with zero attached hydrogens (tertiary/aromatic N) is 3. The molecular formula is C12H12N4OS2. The van der Waals surface area contributed by atoms with Crippen molar-refractivity contribution in [2.24, 2.45) is 0 Å². The minimum atomic E-state index is -0.0553. The molecular weight excluding hydrogens is 280 g/mol. The molecule has 19 heavy (non-hydrogen) atoms. The normalized spacial score (nSPS) is 14.3. The Morgan fingerprint density at radius 2 is 2.16 bits per heavy atom. The van der Waals surface area contributed by atoms with E-state index < -0.39 is 0 Å². The number of thioether (sulfide) groups is 1. The Morgan fingerprint density at radius 3 is 2.89 bits per heavy atom. The molecule has 98 valence electrons. The van der Waals surface area contributed by atoms with E-state index in [4.69, 9.17) is 0 Å². The number of carbonyl (C=O) groups excluding carboxylic acids is 1. The van der Waals surface area contributed by atoms with Crippen LogP contribution in [0, 0.1) is 0 Å². The SMILES string of the molecule is O=C(CSc1ccncc1)Nc1nnc(C2CC2)s1. The number of amides is 1. The van der Waals surface area contributed by atoms with Crippen LogP contribution >= 0.6 is 23.1 Å². The van der Waals surface area contributed by atoms with Crippen LogP contribution in [0.4, 0.5) is 5.13 Å². The van der Waals surface area contributed by atoms with Crippen molar-refractivity contribution in [1.82, 2.24) is 15.2 Å². The van der Waals surface area contributed by atoms with Crippen LogP contribution < -0.4 is 5.32 Å². The molecule has 0 atom stereocenters. The average Bonchev–Trinajstić information content (AvgIpc) is 3.19. The van der Waals surface area contributed by atoms with E-state index in [1.807, 2.05) is 12.1 Å². The van der Waals surface area contributed by atoms with E-state index in [9.17, 15) is 4.79 Å². The van der Waals surface area contributed by atoms with Gasteiger partial charge < -0.3 is 0 Å².